The van der Waals surface area contributed by atoms with Gasteiger partial charge in [-0.2, -0.15) is 0 Å². The Morgan fingerprint density at radius 2 is 0.911 bits per heavy atom. The van der Waals surface area contributed by atoms with E-state index in [0.29, 0.717) is 0 Å². The van der Waals surface area contributed by atoms with Gasteiger partial charge < -0.3 is 9.32 Å². The van der Waals surface area contributed by atoms with Gasteiger partial charge in [-0.3, -0.25) is 0 Å². The highest BCUT2D eigenvalue weighted by Gasteiger charge is 2.22. The SMILES string of the molecule is c1ccc(-c2cccc3cccc(-c4cccc(N(c5cccc(-c6ccc7ccccc7c6)c5)c5cccc6oc7c8ccccc8ccc7c56)c4)c23)cc1. The molecule has 56 heavy (non-hydrogen) atoms. The number of fused-ring (bicyclic) bond motifs is 7. The molecule has 0 atom stereocenters. The zero-order valence-corrected chi connectivity index (χ0v) is 30.6. The first-order valence-electron chi connectivity index (χ1n) is 19.2. The molecule has 0 aliphatic heterocycles. The lowest BCUT2D eigenvalue weighted by molar-refractivity contribution is 0.672. The topological polar surface area (TPSA) is 16.4 Å². The van der Waals surface area contributed by atoms with Crippen LogP contribution in [0.5, 0.6) is 0 Å². The summed E-state index contributed by atoms with van der Waals surface area (Å²) in [6.45, 7) is 0. The summed E-state index contributed by atoms with van der Waals surface area (Å²) in [5, 5.41) is 9.40. The van der Waals surface area contributed by atoms with E-state index in [-0.39, 0.29) is 0 Å². The summed E-state index contributed by atoms with van der Waals surface area (Å²) in [5.41, 5.74) is 12.1. The lowest BCUT2D eigenvalue weighted by atomic mass is 9.91. The van der Waals surface area contributed by atoms with Gasteiger partial charge in [-0.05, 0) is 109 Å². The zero-order valence-electron chi connectivity index (χ0n) is 30.6. The smallest absolute Gasteiger partial charge is 0.143 e. The van der Waals surface area contributed by atoms with Crippen LogP contribution in [0.2, 0.25) is 0 Å². The molecule has 1 aromatic heterocycles. The number of furan rings is 1. The molecular formula is C54H35NO. The Morgan fingerprint density at radius 3 is 1.73 bits per heavy atom. The van der Waals surface area contributed by atoms with Gasteiger partial charge in [-0.15, -0.1) is 0 Å². The molecule has 11 rings (SSSR count). The van der Waals surface area contributed by atoms with Crippen molar-refractivity contribution in [1.82, 2.24) is 0 Å². The molecule has 0 aliphatic rings. The second-order valence-electron chi connectivity index (χ2n) is 14.5. The minimum atomic E-state index is 0.863. The van der Waals surface area contributed by atoms with Crippen molar-refractivity contribution in [3.63, 3.8) is 0 Å². The molecule has 10 aromatic carbocycles. The van der Waals surface area contributed by atoms with E-state index in [4.69, 9.17) is 4.42 Å². The number of hydrogen-bond donors (Lipinski definition) is 0. The Morgan fingerprint density at radius 1 is 0.321 bits per heavy atom. The fraction of sp³-hybridized carbons (Fsp3) is 0. The molecule has 2 heteroatoms. The van der Waals surface area contributed by atoms with Crippen LogP contribution in [-0.4, -0.2) is 0 Å². The second kappa shape index (κ2) is 13.2. The highest BCUT2D eigenvalue weighted by molar-refractivity contribution is 6.19. The van der Waals surface area contributed by atoms with Crippen LogP contribution in [0, 0.1) is 0 Å². The summed E-state index contributed by atoms with van der Waals surface area (Å²) in [7, 11) is 0. The molecule has 262 valence electrons. The van der Waals surface area contributed by atoms with Gasteiger partial charge in [0, 0.05) is 22.1 Å². The highest BCUT2D eigenvalue weighted by atomic mass is 16.3. The molecule has 0 radical (unpaired) electrons. The van der Waals surface area contributed by atoms with Crippen molar-refractivity contribution in [2.45, 2.75) is 0 Å². The average molecular weight is 714 g/mol. The van der Waals surface area contributed by atoms with Crippen LogP contribution in [0.15, 0.2) is 217 Å². The Bertz CT molecular complexity index is 3260. The number of anilines is 3. The van der Waals surface area contributed by atoms with Crippen molar-refractivity contribution < 1.29 is 4.42 Å². The maximum atomic E-state index is 6.73. The molecule has 0 amide bonds. The molecule has 0 N–H and O–H groups in total. The molecule has 11 aromatic rings. The fourth-order valence-corrected chi connectivity index (χ4v) is 8.59. The van der Waals surface area contributed by atoms with Gasteiger partial charge in [-0.25, -0.2) is 0 Å². The monoisotopic (exact) mass is 713 g/mol. The molecule has 1 heterocycles. The minimum absolute atomic E-state index is 0.863. The molecule has 0 aliphatic carbocycles. The molecule has 0 unspecified atom stereocenters. The predicted octanol–water partition coefficient (Wildman–Crippen LogP) is 15.5. The van der Waals surface area contributed by atoms with Crippen molar-refractivity contribution >= 4 is 71.3 Å². The van der Waals surface area contributed by atoms with Crippen LogP contribution >= 0.6 is 0 Å². The summed E-state index contributed by atoms with van der Waals surface area (Å²) >= 11 is 0. The van der Waals surface area contributed by atoms with E-state index in [1.807, 2.05) is 0 Å². The van der Waals surface area contributed by atoms with Crippen molar-refractivity contribution in [3.05, 3.63) is 212 Å². The van der Waals surface area contributed by atoms with Crippen molar-refractivity contribution in [2.75, 3.05) is 4.90 Å². The zero-order chi connectivity index (χ0) is 37.0. The van der Waals surface area contributed by atoms with E-state index in [2.05, 4.69) is 217 Å². The number of nitrogens with zero attached hydrogens (tertiary/aromatic N) is 1. The van der Waals surface area contributed by atoms with Gasteiger partial charge in [0.15, 0.2) is 0 Å². The first kappa shape index (κ1) is 32.0. The van der Waals surface area contributed by atoms with E-state index in [1.165, 1.54) is 49.2 Å². The van der Waals surface area contributed by atoms with Crippen LogP contribution in [0.4, 0.5) is 17.1 Å². The summed E-state index contributed by atoms with van der Waals surface area (Å²) in [4.78, 5) is 2.41. The van der Waals surface area contributed by atoms with Crippen molar-refractivity contribution in [2.24, 2.45) is 0 Å². The van der Waals surface area contributed by atoms with Crippen molar-refractivity contribution in [3.8, 4) is 33.4 Å². The number of hydrogen-bond acceptors (Lipinski definition) is 2. The first-order chi connectivity index (χ1) is 27.8. The summed E-state index contributed by atoms with van der Waals surface area (Å²) in [5.74, 6) is 0. The molecule has 0 fully saturated rings. The maximum Gasteiger partial charge on any atom is 0.143 e. The van der Waals surface area contributed by atoms with E-state index in [0.717, 1.165) is 55.5 Å². The maximum absolute atomic E-state index is 6.73. The standard InChI is InChI=1S/C54H35NO/c1-2-14-37(15-3-1)46-25-10-18-39-19-11-26-47(52(39)46)43-21-9-23-45(35-43)55(44-22-8-20-41(34-44)42-30-29-36-13-4-5-17-40(36)33-42)50-27-12-28-51-53(50)49-32-31-38-16-6-7-24-48(38)54(49)56-51/h1-35H. The summed E-state index contributed by atoms with van der Waals surface area (Å²) in [6.07, 6.45) is 0. The van der Waals surface area contributed by atoms with Crippen LogP contribution in [0.3, 0.4) is 0 Å². The third-order valence-corrected chi connectivity index (χ3v) is 11.2. The largest absolute Gasteiger partial charge is 0.455 e. The van der Waals surface area contributed by atoms with Crippen molar-refractivity contribution in [1.29, 1.82) is 0 Å². The minimum Gasteiger partial charge on any atom is -0.455 e. The third-order valence-electron chi connectivity index (χ3n) is 11.2. The van der Waals surface area contributed by atoms with Crippen LogP contribution in [0.1, 0.15) is 0 Å². The molecule has 0 spiro atoms. The molecule has 0 bridgehead atoms. The Kier molecular flexibility index (Phi) is 7.53. The van der Waals surface area contributed by atoms with E-state index < -0.39 is 0 Å². The fourth-order valence-electron chi connectivity index (χ4n) is 8.59. The van der Waals surface area contributed by atoms with E-state index in [1.54, 1.807) is 0 Å². The van der Waals surface area contributed by atoms with Gasteiger partial charge in [-0.1, -0.05) is 164 Å². The Balaban J connectivity index is 1.15. The summed E-state index contributed by atoms with van der Waals surface area (Å²) < 4.78 is 6.73. The van der Waals surface area contributed by atoms with Crippen LogP contribution in [-0.2, 0) is 0 Å². The quantitative estimate of drug-likeness (QED) is 0.171. The third kappa shape index (κ3) is 5.34. The van der Waals surface area contributed by atoms with Gasteiger partial charge in [0.1, 0.15) is 11.2 Å². The molecule has 0 saturated carbocycles. The average Bonchev–Trinajstić information content (AvgIpc) is 3.67. The molecular weight excluding hydrogens is 679 g/mol. The normalized spacial score (nSPS) is 11.6. The Labute approximate surface area is 325 Å². The van der Waals surface area contributed by atoms with Gasteiger partial charge in [0.05, 0.1) is 11.1 Å². The van der Waals surface area contributed by atoms with Crippen LogP contribution in [0.25, 0.3) is 87.6 Å². The Hall–Kier alpha value is -7.42. The van der Waals surface area contributed by atoms with Gasteiger partial charge >= 0.3 is 0 Å². The van der Waals surface area contributed by atoms with Gasteiger partial charge in [0.2, 0.25) is 0 Å². The molecule has 0 saturated heterocycles. The summed E-state index contributed by atoms with van der Waals surface area (Å²) in [6, 6.07) is 76.5. The second-order valence-corrected chi connectivity index (χ2v) is 14.5. The van der Waals surface area contributed by atoms with Gasteiger partial charge in [0.25, 0.3) is 0 Å². The number of benzene rings is 10. The predicted molar refractivity (Wildman–Crippen MR) is 237 cm³/mol. The van der Waals surface area contributed by atoms with Crippen LogP contribution < -0.4 is 4.90 Å². The number of rotatable bonds is 6. The highest BCUT2D eigenvalue weighted by Crippen LogP contribution is 2.46. The molecule has 2 nitrogen and oxygen atoms in total. The lowest BCUT2D eigenvalue weighted by Gasteiger charge is -2.27. The first-order valence-corrected chi connectivity index (χ1v) is 19.2. The van der Waals surface area contributed by atoms with E-state index in [9.17, 15) is 0 Å². The van der Waals surface area contributed by atoms with E-state index >= 15 is 0 Å². The lowest BCUT2D eigenvalue weighted by Crippen LogP contribution is -2.10.